The average Bonchev–Trinajstić information content (AvgIpc) is 3.38. The Morgan fingerprint density at radius 1 is 1.14 bits per heavy atom. The van der Waals surface area contributed by atoms with Crippen LogP contribution in [0.4, 0.5) is 5.69 Å². The van der Waals surface area contributed by atoms with Gasteiger partial charge in [0.25, 0.3) is 0 Å². The lowest BCUT2D eigenvalue weighted by Gasteiger charge is -2.22. The summed E-state index contributed by atoms with van der Waals surface area (Å²) >= 11 is 0. The number of hydrogen-bond donors (Lipinski definition) is 1. The van der Waals surface area contributed by atoms with Gasteiger partial charge in [0.2, 0.25) is 0 Å². The summed E-state index contributed by atoms with van der Waals surface area (Å²) in [4.78, 5) is 10.1. The van der Waals surface area contributed by atoms with Gasteiger partial charge in [-0.3, -0.25) is 4.99 Å². The summed E-state index contributed by atoms with van der Waals surface area (Å²) in [5.41, 5.74) is 1.27. The number of nitrogens with zero attached hydrogens (tertiary/aromatic N) is 3. The average molecular weight is 385 g/mol. The van der Waals surface area contributed by atoms with Crippen molar-refractivity contribution < 1.29 is 4.74 Å². The Morgan fingerprint density at radius 2 is 1.93 bits per heavy atom. The highest BCUT2D eigenvalue weighted by Gasteiger charge is 2.35. The number of methoxy groups -OCH3 is 1. The predicted molar refractivity (Wildman–Crippen MR) is 116 cm³/mol. The minimum absolute atomic E-state index is 0.629. The van der Waals surface area contributed by atoms with Crippen LogP contribution in [0.3, 0.4) is 0 Å². The number of fused-ring (bicyclic) bond motifs is 1. The highest BCUT2D eigenvalue weighted by molar-refractivity contribution is 5.80. The Labute approximate surface area is 170 Å². The third kappa shape index (κ3) is 4.39. The first kappa shape index (κ1) is 19.4. The number of guanidine groups is 1. The molecule has 2 aliphatic heterocycles. The van der Waals surface area contributed by atoms with Crippen LogP contribution in [0.2, 0.25) is 0 Å². The van der Waals surface area contributed by atoms with Crippen LogP contribution in [0, 0.1) is 17.8 Å². The summed E-state index contributed by atoms with van der Waals surface area (Å²) in [5.74, 6) is 4.51. The molecule has 5 heteroatoms. The molecule has 0 bridgehead atoms. The smallest absolute Gasteiger partial charge is 0.193 e. The molecule has 3 atom stereocenters. The number of aliphatic imine (C=N–C) groups is 1. The third-order valence-corrected chi connectivity index (χ3v) is 6.81. The second kappa shape index (κ2) is 9.06. The molecule has 28 heavy (non-hydrogen) atoms. The van der Waals surface area contributed by atoms with Crippen LogP contribution >= 0.6 is 0 Å². The number of rotatable bonds is 5. The molecule has 3 aliphatic rings. The first-order chi connectivity index (χ1) is 13.8. The summed E-state index contributed by atoms with van der Waals surface area (Å²) < 4.78 is 5.38. The van der Waals surface area contributed by atoms with E-state index in [4.69, 9.17) is 9.73 Å². The van der Waals surface area contributed by atoms with Gasteiger partial charge in [-0.25, -0.2) is 0 Å². The lowest BCUT2D eigenvalue weighted by atomic mass is 9.82. The zero-order valence-corrected chi connectivity index (χ0v) is 17.6. The first-order valence-electron chi connectivity index (χ1n) is 11.2. The maximum absolute atomic E-state index is 5.38. The molecule has 1 aliphatic carbocycles. The van der Waals surface area contributed by atoms with Gasteiger partial charge in [0, 0.05) is 51.0 Å². The highest BCUT2D eigenvalue weighted by atomic mass is 16.5. The normalized spacial score (nSPS) is 27.8. The van der Waals surface area contributed by atoms with Crippen molar-refractivity contribution in [3.05, 3.63) is 24.3 Å². The minimum atomic E-state index is 0.629. The van der Waals surface area contributed by atoms with Gasteiger partial charge in [-0.15, -0.1) is 0 Å². The zero-order chi connectivity index (χ0) is 19.3. The summed E-state index contributed by atoms with van der Waals surface area (Å²) in [6.07, 6.45) is 6.89. The van der Waals surface area contributed by atoms with Crippen molar-refractivity contribution in [2.45, 2.75) is 39.0 Å². The number of hydrogen-bond acceptors (Lipinski definition) is 3. The molecule has 1 aromatic carbocycles. The summed E-state index contributed by atoms with van der Waals surface area (Å²) in [6.45, 7) is 8.66. The lowest BCUT2D eigenvalue weighted by molar-refractivity contribution is 0.299. The Bertz CT molecular complexity index is 662. The number of ether oxygens (including phenoxy) is 1. The molecule has 2 heterocycles. The van der Waals surface area contributed by atoms with Crippen LogP contribution < -0.4 is 15.0 Å². The molecule has 2 saturated heterocycles. The second-order valence-electron chi connectivity index (χ2n) is 8.71. The fraction of sp³-hybridized carbons (Fsp3) is 0.696. The van der Waals surface area contributed by atoms with E-state index < -0.39 is 0 Å². The van der Waals surface area contributed by atoms with E-state index in [2.05, 4.69) is 40.2 Å². The van der Waals surface area contributed by atoms with Gasteiger partial charge in [-0.1, -0.05) is 18.9 Å². The third-order valence-electron chi connectivity index (χ3n) is 6.81. The zero-order valence-electron chi connectivity index (χ0n) is 17.6. The summed E-state index contributed by atoms with van der Waals surface area (Å²) in [6, 6.07) is 8.42. The highest BCUT2D eigenvalue weighted by Crippen LogP contribution is 2.36. The molecule has 0 amide bonds. The van der Waals surface area contributed by atoms with Crippen LogP contribution in [-0.2, 0) is 0 Å². The van der Waals surface area contributed by atoms with E-state index in [1.807, 2.05) is 6.07 Å². The van der Waals surface area contributed by atoms with E-state index in [0.717, 1.165) is 49.7 Å². The molecule has 154 valence electrons. The van der Waals surface area contributed by atoms with E-state index in [1.165, 1.54) is 50.9 Å². The summed E-state index contributed by atoms with van der Waals surface area (Å²) in [7, 11) is 1.73. The van der Waals surface area contributed by atoms with Crippen molar-refractivity contribution in [2.75, 3.05) is 51.3 Å². The van der Waals surface area contributed by atoms with Crippen LogP contribution in [0.25, 0.3) is 0 Å². The van der Waals surface area contributed by atoms with Crippen molar-refractivity contribution in [2.24, 2.45) is 22.7 Å². The van der Waals surface area contributed by atoms with Gasteiger partial charge in [0.15, 0.2) is 5.96 Å². The maximum atomic E-state index is 5.38. The molecule has 5 nitrogen and oxygen atoms in total. The van der Waals surface area contributed by atoms with Crippen LogP contribution in [0.5, 0.6) is 5.75 Å². The Hall–Kier alpha value is -1.91. The van der Waals surface area contributed by atoms with Gasteiger partial charge < -0.3 is 19.9 Å². The standard InChI is InChI=1S/C23H36N4O/c1-3-24-23(27-16-19-7-4-5-8-20(19)17-27)25-14-18-11-12-26(15-18)21-9-6-10-22(13-21)28-2/h6,9-10,13,18-20H,3-5,7-8,11-12,14-17H2,1-2H3,(H,24,25). The molecule has 3 fully saturated rings. The number of benzene rings is 1. The predicted octanol–water partition coefficient (Wildman–Crippen LogP) is 3.61. The van der Waals surface area contributed by atoms with E-state index in [-0.39, 0.29) is 0 Å². The molecule has 0 radical (unpaired) electrons. The van der Waals surface area contributed by atoms with E-state index in [9.17, 15) is 0 Å². The first-order valence-corrected chi connectivity index (χ1v) is 11.2. The molecule has 3 unspecified atom stereocenters. The van der Waals surface area contributed by atoms with E-state index in [0.29, 0.717) is 5.92 Å². The lowest BCUT2D eigenvalue weighted by Crippen LogP contribution is -2.40. The van der Waals surface area contributed by atoms with E-state index in [1.54, 1.807) is 7.11 Å². The minimum Gasteiger partial charge on any atom is -0.497 e. The van der Waals surface area contributed by atoms with Crippen molar-refractivity contribution in [3.63, 3.8) is 0 Å². The van der Waals surface area contributed by atoms with Crippen LogP contribution in [-0.4, -0.2) is 57.2 Å². The largest absolute Gasteiger partial charge is 0.497 e. The molecule has 1 N–H and O–H groups in total. The topological polar surface area (TPSA) is 40.1 Å². The molecule has 4 rings (SSSR count). The van der Waals surface area contributed by atoms with Crippen molar-refractivity contribution in [1.29, 1.82) is 0 Å². The molecular formula is C23H36N4O. The fourth-order valence-electron chi connectivity index (χ4n) is 5.24. The van der Waals surface area contributed by atoms with Crippen molar-refractivity contribution in [3.8, 4) is 5.75 Å². The molecular weight excluding hydrogens is 348 g/mol. The van der Waals surface area contributed by atoms with Gasteiger partial charge in [0.1, 0.15) is 5.75 Å². The van der Waals surface area contributed by atoms with Crippen molar-refractivity contribution in [1.82, 2.24) is 10.2 Å². The molecule has 1 saturated carbocycles. The van der Waals surface area contributed by atoms with Gasteiger partial charge in [-0.2, -0.15) is 0 Å². The van der Waals surface area contributed by atoms with Gasteiger partial charge in [-0.05, 0) is 56.1 Å². The fourth-order valence-corrected chi connectivity index (χ4v) is 5.24. The SMILES string of the molecule is CCNC(=NCC1CCN(c2cccc(OC)c2)C1)N1CC2CCCCC2C1. The van der Waals surface area contributed by atoms with Crippen molar-refractivity contribution >= 4 is 11.6 Å². The molecule has 1 aromatic rings. The summed E-state index contributed by atoms with van der Waals surface area (Å²) in [5, 5.41) is 3.56. The monoisotopic (exact) mass is 384 g/mol. The Kier molecular flexibility index (Phi) is 6.28. The van der Waals surface area contributed by atoms with Gasteiger partial charge in [0.05, 0.1) is 7.11 Å². The second-order valence-corrected chi connectivity index (χ2v) is 8.71. The van der Waals surface area contributed by atoms with Crippen LogP contribution in [0.1, 0.15) is 39.0 Å². The number of anilines is 1. The maximum Gasteiger partial charge on any atom is 0.193 e. The molecule has 0 aromatic heterocycles. The Balaban J connectivity index is 1.35. The van der Waals surface area contributed by atoms with Gasteiger partial charge >= 0.3 is 0 Å². The van der Waals surface area contributed by atoms with Crippen LogP contribution in [0.15, 0.2) is 29.3 Å². The quantitative estimate of drug-likeness (QED) is 0.622. The van der Waals surface area contributed by atoms with E-state index >= 15 is 0 Å². The Morgan fingerprint density at radius 3 is 2.64 bits per heavy atom. The number of nitrogens with one attached hydrogen (secondary N) is 1. The molecule has 0 spiro atoms. The number of likely N-dealkylation sites (tertiary alicyclic amines) is 1.